The summed E-state index contributed by atoms with van der Waals surface area (Å²) in [6.07, 6.45) is 3.23. The normalized spacial score (nSPS) is 12.8. The molecule has 1 unspecified atom stereocenters. The third kappa shape index (κ3) is 4.39. The van der Waals surface area contributed by atoms with Crippen molar-refractivity contribution in [1.82, 2.24) is 0 Å². The second kappa shape index (κ2) is 6.65. The molecule has 96 valence electrons. The van der Waals surface area contributed by atoms with Crippen LogP contribution in [0.4, 0.5) is 0 Å². The Bertz CT molecular complexity index is 345. The van der Waals surface area contributed by atoms with Crippen molar-refractivity contribution in [2.45, 2.75) is 52.0 Å². The van der Waals surface area contributed by atoms with E-state index in [9.17, 15) is 0 Å². The third-order valence-electron chi connectivity index (χ3n) is 3.08. The molecule has 0 aliphatic carbocycles. The minimum Gasteiger partial charge on any atom is -0.496 e. The first kappa shape index (κ1) is 14.0. The molecule has 2 nitrogen and oxygen atoms in total. The number of aryl methyl sites for hydroxylation is 1. The summed E-state index contributed by atoms with van der Waals surface area (Å²) in [4.78, 5) is 0. The van der Waals surface area contributed by atoms with E-state index in [4.69, 9.17) is 10.5 Å². The Morgan fingerprint density at radius 1 is 1.24 bits per heavy atom. The lowest BCUT2D eigenvalue weighted by molar-refractivity contribution is 0.407. The van der Waals surface area contributed by atoms with Crippen LogP contribution in [0.1, 0.15) is 50.7 Å². The first-order valence-corrected chi connectivity index (χ1v) is 6.47. The molecule has 2 heteroatoms. The summed E-state index contributed by atoms with van der Waals surface area (Å²) < 4.78 is 5.46. The second-order valence-electron chi connectivity index (χ2n) is 5.10. The zero-order valence-electron chi connectivity index (χ0n) is 11.5. The fraction of sp³-hybridized carbons (Fsp3) is 0.600. The van der Waals surface area contributed by atoms with Gasteiger partial charge in [-0.3, -0.25) is 0 Å². The van der Waals surface area contributed by atoms with E-state index in [2.05, 4.69) is 39.0 Å². The zero-order valence-corrected chi connectivity index (χ0v) is 11.5. The lowest BCUT2D eigenvalue weighted by atomic mass is 9.98. The molecule has 1 rings (SSSR count). The topological polar surface area (TPSA) is 35.2 Å². The molecule has 0 saturated carbocycles. The molecule has 17 heavy (non-hydrogen) atoms. The fourth-order valence-corrected chi connectivity index (χ4v) is 1.94. The highest BCUT2D eigenvalue weighted by Gasteiger charge is 2.07. The van der Waals surface area contributed by atoms with Crippen LogP contribution in [-0.2, 0) is 6.42 Å². The highest BCUT2D eigenvalue weighted by molar-refractivity contribution is 5.38. The highest BCUT2D eigenvalue weighted by atomic mass is 16.5. The Morgan fingerprint density at radius 2 is 1.94 bits per heavy atom. The van der Waals surface area contributed by atoms with Crippen LogP contribution in [0, 0.1) is 0 Å². The van der Waals surface area contributed by atoms with Gasteiger partial charge >= 0.3 is 0 Å². The quantitative estimate of drug-likeness (QED) is 0.819. The van der Waals surface area contributed by atoms with Gasteiger partial charge in [0.15, 0.2) is 0 Å². The lowest BCUT2D eigenvalue weighted by Gasteiger charge is -2.13. The predicted molar refractivity (Wildman–Crippen MR) is 73.7 cm³/mol. The van der Waals surface area contributed by atoms with Crippen LogP contribution in [0.3, 0.4) is 0 Å². The van der Waals surface area contributed by atoms with Crippen LogP contribution >= 0.6 is 0 Å². The van der Waals surface area contributed by atoms with E-state index in [1.54, 1.807) is 7.11 Å². The Kier molecular flexibility index (Phi) is 5.49. The maximum Gasteiger partial charge on any atom is 0.122 e. The van der Waals surface area contributed by atoms with Gasteiger partial charge in [-0.2, -0.15) is 0 Å². The number of nitrogens with two attached hydrogens (primary N) is 1. The summed E-state index contributed by atoms with van der Waals surface area (Å²) >= 11 is 0. The van der Waals surface area contributed by atoms with Crippen molar-refractivity contribution in [3.8, 4) is 5.75 Å². The Morgan fingerprint density at radius 3 is 2.47 bits per heavy atom. The summed E-state index contributed by atoms with van der Waals surface area (Å²) in [6.45, 7) is 6.45. The van der Waals surface area contributed by atoms with Crippen molar-refractivity contribution >= 4 is 0 Å². The van der Waals surface area contributed by atoms with Gasteiger partial charge in [0.25, 0.3) is 0 Å². The minimum atomic E-state index is 0.288. The molecule has 0 fully saturated rings. The third-order valence-corrected chi connectivity index (χ3v) is 3.08. The molecule has 0 bridgehead atoms. The molecule has 1 atom stereocenters. The maximum absolute atomic E-state index is 5.76. The number of benzene rings is 1. The van der Waals surface area contributed by atoms with Gasteiger partial charge in [-0.25, -0.2) is 0 Å². The van der Waals surface area contributed by atoms with Crippen molar-refractivity contribution in [3.05, 3.63) is 29.3 Å². The second-order valence-corrected chi connectivity index (χ2v) is 5.10. The van der Waals surface area contributed by atoms with Crippen LogP contribution in [0.15, 0.2) is 18.2 Å². The van der Waals surface area contributed by atoms with Gasteiger partial charge in [-0.05, 0) is 49.3 Å². The molecule has 0 aliphatic heterocycles. The van der Waals surface area contributed by atoms with E-state index in [0.29, 0.717) is 5.92 Å². The molecule has 1 aromatic carbocycles. The first-order chi connectivity index (χ1) is 8.04. The SMILES string of the molecule is COc1cc(C(C)C)ccc1CCCC(C)N. The lowest BCUT2D eigenvalue weighted by Crippen LogP contribution is -2.14. The molecule has 2 N–H and O–H groups in total. The number of ether oxygens (including phenoxy) is 1. The summed E-state index contributed by atoms with van der Waals surface area (Å²) in [5.41, 5.74) is 8.38. The molecule has 0 amide bonds. The summed E-state index contributed by atoms with van der Waals surface area (Å²) in [7, 11) is 1.74. The van der Waals surface area contributed by atoms with E-state index >= 15 is 0 Å². The average molecular weight is 235 g/mol. The van der Waals surface area contributed by atoms with Crippen molar-refractivity contribution in [2.24, 2.45) is 5.73 Å². The van der Waals surface area contributed by atoms with Crippen LogP contribution in [0.2, 0.25) is 0 Å². The van der Waals surface area contributed by atoms with Crippen LogP contribution in [0.5, 0.6) is 5.75 Å². The molecule has 0 spiro atoms. The number of rotatable bonds is 6. The van der Waals surface area contributed by atoms with E-state index in [-0.39, 0.29) is 6.04 Å². The largest absolute Gasteiger partial charge is 0.496 e. The summed E-state index contributed by atoms with van der Waals surface area (Å²) in [6, 6.07) is 6.84. The molecule has 0 aromatic heterocycles. The monoisotopic (exact) mass is 235 g/mol. The van der Waals surface area contributed by atoms with Crippen molar-refractivity contribution < 1.29 is 4.74 Å². The number of methoxy groups -OCH3 is 1. The standard InChI is InChI=1S/C15H25NO/c1-11(2)14-9-8-13(15(10-14)17-4)7-5-6-12(3)16/h8-12H,5-7,16H2,1-4H3. The molecule has 1 aromatic rings. The fourth-order valence-electron chi connectivity index (χ4n) is 1.94. The van der Waals surface area contributed by atoms with E-state index < -0.39 is 0 Å². The van der Waals surface area contributed by atoms with Gasteiger partial charge in [-0.15, -0.1) is 0 Å². The maximum atomic E-state index is 5.76. The minimum absolute atomic E-state index is 0.288. The first-order valence-electron chi connectivity index (χ1n) is 6.47. The van der Waals surface area contributed by atoms with Gasteiger partial charge in [0.05, 0.1) is 7.11 Å². The summed E-state index contributed by atoms with van der Waals surface area (Å²) in [5, 5.41) is 0. The van der Waals surface area contributed by atoms with Gasteiger partial charge in [-0.1, -0.05) is 26.0 Å². The van der Waals surface area contributed by atoms with Crippen LogP contribution < -0.4 is 10.5 Å². The van der Waals surface area contributed by atoms with Crippen molar-refractivity contribution in [2.75, 3.05) is 7.11 Å². The average Bonchev–Trinajstić information content (AvgIpc) is 2.28. The van der Waals surface area contributed by atoms with Crippen molar-refractivity contribution in [3.63, 3.8) is 0 Å². The molecule has 0 radical (unpaired) electrons. The molecule has 0 aliphatic rings. The molecular weight excluding hydrogens is 210 g/mol. The van der Waals surface area contributed by atoms with E-state index in [0.717, 1.165) is 25.0 Å². The van der Waals surface area contributed by atoms with E-state index in [1.165, 1.54) is 11.1 Å². The summed E-state index contributed by atoms with van der Waals surface area (Å²) in [5.74, 6) is 1.56. The van der Waals surface area contributed by atoms with E-state index in [1.807, 2.05) is 0 Å². The van der Waals surface area contributed by atoms with Gasteiger partial charge in [0.1, 0.15) is 5.75 Å². The molecule has 0 saturated heterocycles. The smallest absolute Gasteiger partial charge is 0.122 e. The molecule has 0 heterocycles. The van der Waals surface area contributed by atoms with Gasteiger partial charge in [0, 0.05) is 6.04 Å². The Hall–Kier alpha value is -1.02. The van der Waals surface area contributed by atoms with Crippen LogP contribution in [-0.4, -0.2) is 13.2 Å². The predicted octanol–water partition coefficient (Wildman–Crippen LogP) is 3.49. The number of hydrogen-bond acceptors (Lipinski definition) is 2. The molecular formula is C15H25NO. The highest BCUT2D eigenvalue weighted by Crippen LogP contribution is 2.25. The Labute approximate surface area is 105 Å². The number of hydrogen-bond donors (Lipinski definition) is 1. The van der Waals surface area contributed by atoms with Crippen molar-refractivity contribution in [1.29, 1.82) is 0 Å². The zero-order chi connectivity index (χ0) is 12.8. The van der Waals surface area contributed by atoms with Gasteiger partial charge in [0.2, 0.25) is 0 Å². The van der Waals surface area contributed by atoms with Crippen LogP contribution in [0.25, 0.3) is 0 Å². The Balaban J connectivity index is 2.71. The van der Waals surface area contributed by atoms with Gasteiger partial charge < -0.3 is 10.5 Å².